The van der Waals surface area contributed by atoms with Crippen LogP contribution in [-0.4, -0.2) is 41.8 Å². The summed E-state index contributed by atoms with van der Waals surface area (Å²) in [7, 11) is 0. The fourth-order valence-electron chi connectivity index (χ4n) is 5.45. The number of aliphatic carboxylic acids is 1. The Kier molecular flexibility index (Phi) is 8.06. The van der Waals surface area contributed by atoms with Crippen molar-refractivity contribution in [3.63, 3.8) is 0 Å². The Morgan fingerprint density at radius 1 is 0.943 bits per heavy atom. The van der Waals surface area contributed by atoms with Gasteiger partial charge in [-0.25, -0.2) is 9.59 Å². The first-order chi connectivity index (χ1) is 17.0. The van der Waals surface area contributed by atoms with Gasteiger partial charge in [-0.15, -0.1) is 0 Å². The number of carbonyl (C=O) groups excluding carboxylic acids is 2. The van der Waals surface area contributed by atoms with Crippen molar-refractivity contribution in [2.75, 3.05) is 6.61 Å². The third-order valence-electron chi connectivity index (χ3n) is 7.31. The molecule has 0 heterocycles. The lowest BCUT2D eigenvalue weighted by molar-refractivity contribution is -0.142. The van der Waals surface area contributed by atoms with Crippen LogP contribution in [0, 0.1) is 5.92 Å². The number of carbonyl (C=O) groups is 3. The molecule has 0 aromatic heterocycles. The quantitative estimate of drug-likeness (QED) is 0.478. The molecule has 35 heavy (non-hydrogen) atoms. The highest BCUT2D eigenvalue weighted by molar-refractivity contribution is 5.84. The smallest absolute Gasteiger partial charge is 0.407 e. The normalized spacial score (nSPS) is 17.1. The maximum atomic E-state index is 12.9. The number of nitrogens with one attached hydrogen (secondary N) is 2. The summed E-state index contributed by atoms with van der Waals surface area (Å²) in [5.41, 5.74) is 4.61. The minimum atomic E-state index is -1.06. The van der Waals surface area contributed by atoms with Gasteiger partial charge in [0.1, 0.15) is 12.6 Å². The molecule has 0 saturated heterocycles. The molecule has 0 aliphatic heterocycles. The largest absolute Gasteiger partial charge is 0.480 e. The molecule has 1 unspecified atom stereocenters. The molecule has 2 aliphatic carbocycles. The summed E-state index contributed by atoms with van der Waals surface area (Å²) < 4.78 is 5.71. The van der Waals surface area contributed by atoms with E-state index in [1.807, 2.05) is 24.3 Å². The van der Waals surface area contributed by atoms with Gasteiger partial charge in [0.15, 0.2) is 0 Å². The molecule has 3 N–H and O–H groups in total. The average Bonchev–Trinajstić information content (AvgIpc) is 3.19. The first-order valence-electron chi connectivity index (χ1n) is 12.6. The average molecular weight is 479 g/mol. The molecule has 1 saturated carbocycles. The molecule has 7 heteroatoms. The molecule has 2 amide bonds. The van der Waals surface area contributed by atoms with E-state index in [0.717, 1.165) is 54.4 Å². The number of rotatable bonds is 9. The van der Waals surface area contributed by atoms with Crippen LogP contribution in [0.15, 0.2) is 48.5 Å². The lowest BCUT2D eigenvalue weighted by Crippen LogP contribution is -2.47. The first-order valence-corrected chi connectivity index (χ1v) is 12.6. The van der Waals surface area contributed by atoms with Gasteiger partial charge in [0.25, 0.3) is 0 Å². The van der Waals surface area contributed by atoms with Gasteiger partial charge < -0.3 is 20.5 Å². The van der Waals surface area contributed by atoms with Crippen molar-refractivity contribution >= 4 is 18.0 Å². The van der Waals surface area contributed by atoms with E-state index < -0.39 is 24.1 Å². The lowest BCUT2D eigenvalue weighted by atomic mass is 9.82. The number of hydrogen-bond donors (Lipinski definition) is 3. The number of benzene rings is 2. The third kappa shape index (κ3) is 5.84. The van der Waals surface area contributed by atoms with Crippen molar-refractivity contribution < 1.29 is 24.2 Å². The van der Waals surface area contributed by atoms with Gasteiger partial charge in [-0.05, 0) is 47.4 Å². The molecule has 186 valence electrons. The Bertz CT molecular complexity index is 1020. The highest BCUT2D eigenvalue weighted by atomic mass is 16.5. The van der Waals surface area contributed by atoms with E-state index in [4.69, 9.17) is 4.74 Å². The molecule has 7 nitrogen and oxygen atoms in total. The van der Waals surface area contributed by atoms with Crippen LogP contribution in [0.2, 0.25) is 0 Å². The van der Waals surface area contributed by atoms with Crippen LogP contribution in [0.4, 0.5) is 4.79 Å². The van der Waals surface area contributed by atoms with E-state index in [9.17, 15) is 19.5 Å². The fraction of sp³-hybridized carbons (Fsp3) is 0.464. The van der Waals surface area contributed by atoms with Gasteiger partial charge in [0.05, 0.1) is 0 Å². The molecule has 2 aromatic carbocycles. The van der Waals surface area contributed by atoms with Crippen molar-refractivity contribution in [2.24, 2.45) is 5.92 Å². The Morgan fingerprint density at radius 3 is 2.11 bits per heavy atom. The van der Waals surface area contributed by atoms with Crippen LogP contribution in [-0.2, 0) is 14.3 Å². The van der Waals surface area contributed by atoms with Crippen LogP contribution in [0.3, 0.4) is 0 Å². The zero-order chi connectivity index (χ0) is 24.8. The van der Waals surface area contributed by atoms with Crippen LogP contribution in [0.5, 0.6) is 0 Å². The van der Waals surface area contributed by atoms with Gasteiger partial charge in [-0.2, -0.15) is 0 Å². The molecule has 1 fully saturated rings. The van der Waals surface area contributed by atoms with E-state index in [1.165, 1.54) is 0 Å². The number of amides is 2. The minimum absolute atomic E-state index is 0.0366. The van der Waals surface area contributed by atoms with Gasteiger partial charge in [-0.3, -0.25) is 4.79 Å². The van der Waals surface area contributed by atoms with Crippen molar-refractivity contribution in [2.45, 2.75) is 69.9 Å². The monoisotopic (exact) mass is 478 g/mol. The number of carboxylic acid groups (broad SMARTS) is 1. The predicted octanol–water partition coefficient (Wildman–Crippen LogP) is 4.84. The zero-order valence-electron chi connectivity index (χ0n) is 20.2. The van der Waals surface area contributed by atoms with Gasteiger partial charge in [-0.1, -0.05) is 74.7 Å². The van der Waals surface area contributed by atoms with Crippen molar-refractivity contribution in [1.29, 1.82) is 0 Å². The van der Waals surface area contributed by atoms with E-state index in [2.05, 4.69) is 34.9 Å². The predicted molar refractivity (Wildman–Crippen MR) is 133 cm³/mol. The summed E-state index contributed by atoms with van der Waals surface area (Å²) in [5, 5.41) is 14.8. The molecule has 4 rings (SSSR count). The van der Waals surface area contributed by atoms with Crippen molar-refractivity contribution in [1.82, 2.24) is 10.6 Å². The van der Waals surface area contributed by atoms with Crippen LogP contribution in [0.1, 0.15) is 68.9 Å². The van der Waals surface area contributed by atoms with Crippen LogP contribution in [0.25, 0.3) is 11.1 Å². The molecule has 0 spiro atoms. The zero-order valence-corrected chi connectivity index (χ0v) is 20.2. The minimum Gasteiger partial charge on any atom is -0.480 e. The summed E-state index contributed by atoms with van der Waals surface area (Å²) in [6.07, 6.45) is 4.92. The van der Waals surface area contributed by atoms with Crippen molar-refractivity contribution in [3.8, 4) is 11.1 Å². The molecular formula is C28H34N2O5. The summed E-state index contributed by atoms with van der Waals surface area (Å²) in [5.74, 6) is -1.29. The summed E-state index contributed by atoms with van der Waals surface area (Å²) in [4.78, 5) is 36.8. The highest BCUT2D eigenvalue weighted by Crippen LogP contribution is 2.44. The maximum absolute atomic E-state index is 12.9. The Morgan fingerprint density at radius 2 is 1.54 bits per heavy atom. The Hall–Kier alpha value is -3.35. The number of hydrogen-bond acceptors (Lipinski definition) is 4. The van der Waals surface area contributed by atoms with E-state index in [-0.39, 0.29) is 30.8 Å². The summed E-state index contributed by atoms with van der Waals surface area (Å²) >= 11 is 0. The lowest BCUT2D eigenvalue weighted by Gasteiger charge is -2.30. The highest BCUT2D eigenvalue weighted by Gasteiger charge is 2.31. The first kappa shape index (κ1) is 24.8. The molecule has 0 bridgehead atoms. The number of carboxylic acids is 1. The van der Waals surface area contributed by atoms with Crippen molar-refractivity contribution in [3.05, 3.63) is 59.7 Å². The standard InChI is InChI=1S/C28H34N2O5/c1-2-24(27(32)33)29-26(31)16-25(18-10-4-3-5-11-18)30-28(34)35-17-23-21-14-8-6-12-19(21)20-13-7-9-15-22(20)23/h6-9,12-15,18,23-25H,2-5,10-11,16-17H2,1H3,(H,29,31)(H,30,34)(H,32,33)/t24-,25?/m0/s1. The molecule has 2 aromatic rings. The van der Waals surface area contributed by atoms with Crippen LogP contribution >= 0.6 is 0 Å². The van der Waals surface area contributed by atoms with Gasteiger partial charge >= 0.3 is 12.1 Å². The Labute approximate surface area is 206 Å². The van der Waals surface area contributed by atoms with E-state index in [0.29, 0.717) is 6.42 Å². The number of ether oxygens (including phenoxy) is 1. The molecule has 0 radical (unpaired) electrons. The number of alkyl carbamates (subject to hydrolysis) is 1. The molecule has 2 aliphatic rings. The SMILES string of the molecule is CC[C@H](NC(=O)CC(NC(=O)OCC1c2ccccc2-c2ccccc21)C1CCCCC1)C(=O)O. The second kappa shape index (κ2) is 11.4. The second-order valence-electron chi connectivity index (χ2n) is 9.55. The molecule has 2 atom stereocenters. The second-order valence-corrected chi connectivity index (χ2v) is 9.55. The number of fused-ring (bicyclic) bond motifs is 3. The fourth-order valence-corrected chi connectivity index (χ4v) is 5.45. The van der Waals surface area contributed by atoms with Gasteiger partial charge in [0.2, 0.25) is 5.91 Å². The maximum Gasteiger partial charge on any atom is 0.407 e. The Balaban J connectivity index is 1.41. The summed E-state index contributed by atoms with van der Waals surface area (Å²) in [6.45, 7) is 1.92. The van der Waals surface area contributed by atoms with E-state index in [1.54, 1.807) is 6.92 Å². The topological polar surface area (TPSA) is 105 Å². The third-order valence-corrected chi connectivity index (χ3v) is 7.31. The summed E-state index contributed by atoms with van der Waals surface area (Å²) in [6, 6.07) is 15.0. The van der Waals surface area contributed by atoms with Crippen LogP contribution < -0.4 is 10.6 Å². The molecular weight excluding hydrogens is 444 g/mol. The van der Waals surface area contributed by atoms with Gasteiger partial charge in [0, 0.05) is 18.4 Å². The van der Waals surface area contributed by atoms with E-state index >= 15 is 0 Å².